The highest BCUT2D eigenvalue weighted by Crippen LogP contribution is 2.01. The van der Waals surface area contributed by atoms with Gasteiger partial charge in [0.1, 0.15) is 35.4 Å². The molecular formula is C13H5IN4. The zero-order valence-corrected chi connectivity index (χ0v) is 11.5. The van der Waals surface area contributed by atoms with Crippen LogP contribution in [0.15, 0.2) is 12.1 Å². The molecule has 0 saturated heterocycles. The third-order valence-electron chi connectivity index (χ3n) is 2.30. The molecule has 0 amide bonds. The van der Waals surface area contributed by atoms with Crippen molar-refractivity contribution in [3.05, 3.63) is 31.7 Å². The Morgan fingerprint density at radius 2 is 1.33 bits per heavy atom. The maximum atomic E-state index is 8.84. The zero-order chi connectivity index (χ0) is 13.7. The van der Waals surface area contributed by atoms with Gasteiger partial charge in [-0.25, -0.2) is 0 Å². The average molecular weight is 344 g/mol. The fourth-order valence-electron chi connectivity index (χ4n) is 1.43. The van der Waals surface area contributed by atoms with Crippen molar-refractivity contribution in [2.45, 2.75) is 6.92 Å². The highest BCUT2D eigenvalue weighted by molar-refractivity contribution is 14.1. The smallest absolute Gasteiger partial charge is 0.137 e. The molecule has 0 aliphatic rings. The van der Waals surface area contributed by atoms with Crippen LogP contribution in [0.5, 0.6) is 0 Å². The molecular weight excluding hydrogens is 339 g/mol. The summed E-state index contributed by atoms with van der Waals surface area (Å²) in [4.78, 5) is 0. The molecule has 0 atom stereocenters. The van der Waals surface area contributed by atoms with Gasteiger partial charge in [-0.2, -0.15) is 21.0 Å². The standard InChI is InChI=1S/C13H5IN4/c1-8-2-12(10(6-17)7-18)13(14)3-11(8)9(4-15)5-16/h2-3H,1H3. The monoisotopic (exact) mass is 344 g/mol. The van der Waals surface area contributed by atoms with Crippen molar-refractivity contribution in [3.63, 3.8) is 0 Å². The van der Waals surface area contributed by atoms with E-state index < -0.39 is 0 Å². The van der Waals surface area contributed by atoms with Gasteiger partial charge >= 0.3 is 0 Å². The number of benzene rings is 1. The summed E-state index contributed by atoms with van der Waals surface area (Å²) in [5.41, 5.74) is 0.725. The van der Waals surface area contributed by atoms with Gasteiger partial charge in [0.25, 0.3) is 0 Å². The molecule has 0 spiro atoms. The SMILES string of the molecule is Cc1cc(=C(C#N)C#N)c(I)cc1=C(C#N)C#N. The molecule has 1 rings (SSSR count). The normalized spacial score (nSPS) is 8.33. The number of halogens is 1. The van der Waals surface area contributed by atoms with Crippen LogP contribution in [-0.2, 0) is 0 Å². The lowest BCUT2D eigenvalue weighted by atomic mass is 10.1. The van der Waals surface area contributed by atoms with Crippen molar-refractivity contribution < 1.29 is 0 Å². The largest absolute Gasteiger partial charge is 0.192 e. The second-order valence-corrected chi connectivity index (χ2v) is 4.51. The minimum absolute atomic E-state index is 0.0181. The first-order valence-corrected chi connectivity index (χ1v) is 5.82. The number of nitrogens with zero attached hydrogens (tertiary/aromatic N) is 4. The van der Waals surface area contributed by atoms with E-state index in [1.807, 2.05) is 46.9 Å². The van der Waals surface area contributed by atoms with Crippen molar-refractivity contribution in [2.24, 2.45) is 0 Å². The highest BCUT2D eigenvalue weighted by atomic mass is 127. The predicted molar refractivity (Wildman–Crippen MR) is 72.4 cm³/mol. The molecule has 84 valence electrons. The van der Waals surface area contributed by atoms with E-state index in [0.717, 1.165) is 0 Å². The Balaban J connectivity index is 3.96. The van der Waals surface area contributed by atoms with Crippen LogP contribution in [0.1, 0.15) is 5.56 Å². The Bertz CT molecular complexity index is 690. The molecule has 0 aliphatic heterocycles. The first kappa shape index (κ1) is 13.7. The molecule has 1 aromatic rings. The summed E-state index contributed by atoms with van der Waals surface area (Å²) < 4.78 is 0.661. The highest BCUT2D eigenvalue weighted by Gasteiger charge is 2.04. The summed E-state index contributed by atoms with van der Waals surface area (Å²) in [6, 6.07) is 10.6. The van der Waals surface area contributed by atoms with Crippen molar-refractivity contribution in [1.82, 2.24) is 0 Å². The van der Waals surface area contributed by atoms with E-state index in [4.69, 9.17) is 21.0 Å². The maximum Gasteiger partial charge on any atom is 0.137 e. The van der Waals surface area contributed by atoms with Gasteiger partial charge in [-0.3, -0.25) is 0 Å². The van der Waals surface area contributed by atoms with E-state index in [-0.39, 0.29) is 11.1 Å². The second kappa shape index (κ2) is 5.82. The molecule has 5 heteroatoms. The molecule has 0 fully saturated rings. The second-order valence-electron chi connectivity index (χ2n) is 3.34. The number of rotatable bonds is 0. The lowest BCUT2D eigenvalue weighted by Crippen LogP contribution is -2.19. The van der Waals surface area contributed by atoms with Crippen molar-refractivity contribution in [2.75, 3.05) is 0 Å². The molecule has 0 saturated carbocycles. The Hall–Kier alpha value is -2.35. The van der Waals surface area contributed by atoms with Gasteiger partial charge in [0.05, 0.1) is 0 Å². The molecule has 0 aromatic heterocycles. The summed E-state index contributed by atoms with van der Waals surface area (Å²) in [6.07, 6.45) is 0. The predicted octanol–water partition coefficient (Wildman–Crippen LogP) is 0.995. The average Bonchev–Trinajstić information content (AvgIpc) is 2.37. The van der Waals surface area contributed by atoms with Gasteiger partial charge in [-0.15, -0.1) is 0 Å². The van der Waals surface area contributed by atoms with Gasteiger partial charge in [0.15, 0.2) is 0 Å². The van der Waals surface area contributed by atoms with Crippen molar-refractivity contribution in [1.29, 1.82) is 21.0 Å². The Labute approximate surface area is 117 Å². The van der Waals surface area contributed by atoms with Gasteiger partial charge < -0.3 is 0 Å². The number of hydrogen-bond donors (Lipinski definition) is 0. The molecule has 18 heavy (non-hydrogen) atoms. The van der Waals surface area contributed by atoms with Crippen LogP contribution in [0.3, 0.4) is 0 Å². The third-order valence-corrected chi connectivity index (χ3v) is 3.19. The van der Waals surface area contributed by atoms with Gasteiger partial charge in [0.2, 0.25) is 0 Å². The zero-order valence-electron chi connectivity index (χ0n) is 9.32. The third kappa shape index (κ3) is 2.48. The summed E-state index contributed by atoms with van der Waals surface area (Å²) >= 11 is 1.98. The fraction of sp³-hybridized carbons (Fsp3) is 0.0769. The maximum absolute atomic E-state index is 8.84. The first-order valence-electron chi connectivity index (χ1n) is 4.74. The summed E-state index contributed by atoms with van der Waals surface area (Å²) in [6.45, 7) is 1.73. The topological polar surface area (TPSA) is 95.2 Å². The van der Waals surface area contributed by atoms with E-state index in [1.54, 1.807) is 19.1 Å². The lowest BCUT2D eigenvalue weighted by Gasteiger charge is -1.99. The fourth-order valence-corrected chi connectivity index (χ4v) is 2.17. The minimum Gasteiger partial charge on any atom is -0.192 e. The molecule has 0 N–H and O–H groups in total. The Morgan fingerprint density at radius 1 is 0.889 bits per heavy atom. The van der Waals surface area contributed by atoms with Crippen LogP contribution in [-0.4, -0.2) is 0 Å². The van der Waals surface area contributed by atoms with Gasteiger partial charge in [-0.05, 0) is 47.2 Å². The van der Waals surface area contributed by atoms with E-state index in [2.05, 4.69) is 0 Å². The van der Waals surface area contributed by atoms with Crippen molar-refractivity contribution in [3.8, 4) is 24.3 Å². The van der Waals surface area contributed by atoms with Gasteiger partial charge in [0, 0.05) is 14.0 Å². The van der Waals surface area contributed by atoms with Crippen LogP contribution in [0.25, 0.3) is 11.1 Å². The van der Waals surface area contributed by atoms with E-state index >= 15 is 0 Å². The van der Waals surface area contributed by atoms with Crippen LogP contribution in [0.2, 0.25) is 0 Å². The molecule has 1 aromatic carbocycles. The lowest BCUT2D eigenvalue weighted by molar-refractivity contribution is 1.34. The first-order chi connectivity index (χ1) is 8.58. The molecule has 0 bridgehead atoms. The summed E-state index contributed by atoms with van der Waals surface area (Å²) in [5, 5.41) is 36.4. The van der Waals surface area contributed by atoms with Crippen LogP contribution >= 0.6 is 22.6 Å². The van der Waals surface area contributed by atoms with Crippen molar-refractivity contribution >= 4 is 33.7 Å². The Kier molecular flexibility index (Phi) is 4.44. The molecule has 4 nitrogen and oxygen atoms in total. The number of hydrogen-bond acceptors (Lipinski definition) is 4. The number of aryl methyl sites for hydroxylation is 1. The van der Waals surface area contributed by atoms with Crippen LogP contribution in [0, 0.1) is 55.8 Å². The van der Waals surface area contributed by atoms with E-state index in [0.29, 0.717) is 19.6 Å². The summed E-state index contributed by atoms with van der Waals surface area (Å²) in [7, 11) is 0. The Morgan fingerprint density at radius 3 is 1.78 bits per heavy atom. The summed E-state index contributed by atoms with van der Waals surface area (Å²) in [5.74, 6) is 0. The van der Waals surface area contributed by atoms with Gasteiger partial charge in [-0.1, -0.05) is 0 Å². The number of nitriles is 4. The van der Waals surface area contributed by atoms with Crippen LogP contribution < -0.4 is 10.4 Å². The van der Waals surface area contributed by atoms with Crippen LogP contribution in [0.4, 0.5) is 0 Å². The molecule has 0 aliphatic carbocycles. The molecule has 0 radical (unpaired) electrons. The van der Waals surface area contributed by atoms with E-state index in [9.17, 15) is 0 Å². The molecule has 0 unspecified atom stereocenters. The quantitative estimate of drug-likeness (QED) is 0.656. The molecule has 0 heterocycles. The minimum atomic E-state index is 0.0181. The van der Waals surface area contributed by atoms with E-state index in [1.165, 1.54) is 0 Å².